The lowest BCUT2D eigenvalue weighted by molar-refractivity contribution is -0.116. The van der Waals surface area contributed by atoms with Crippen molar-refractivity contribution in [1.82, 2.24) is 0 Å². The maximum Gasteiger partial charge on any atom is 0.246 e. The molecule has 3 aromatic rings. The van der Waals surface area contributed by atoms with Crippen molar-refractivity contribution < 1.29 is 19.0 Å². The molecule has 6 nitrogen and oxygen atoms in total. The second kappa shape index (κ2) is 10.2. The average molecular weight is 406 g/mol. The fourth-order valence-corrected chi connectivity index (χ4v) is 2.87. The summed E-state index contributed by atoms with van der Waals surface area (Å²) in [6.45, 7) is 2.29. The van der Waals surface area contributed by atoms with E-state index in [1.165, 1.54) is 0 Å². The molecule has 0 spiro atoms. The molecule has 0 radical (unpaired) electrons. The van der Waals surface area contributed by atoms with Crippen LogP contribution in [0.15, 0.2) is 72.8 Å². The minimum atomic E-state index is -0.447. The first-order valence-electron chi connectivity index (χ1n) is 9.65. The van der Waals surface area contributed by atoms with Gasteiger partial charge >= 0.3 is 0 Å². The van der Waals surface area contributed by atoms with Crippen LogP contribution in [0.1, 0.15) is 12.5 Å². The van der Waals surface area contributed by atoms with E-state index in [4.69, 9.17) is 14.2 Å². The van der Waals surface area contributed by atoms with E-state index in [-0.39, 0.29) is 5.91 Å². The lowest BCUT2D eigenvalue weighted by Gasteiger charge is -2.17. The van der Waals surface area contributed by atoms with E-state index in [0.29, 0.717) is 23.8 Å². The zero-order valence-corrected chi connectivity index (χ0v) is 17.3. The van der Waals surface area contributed by atoms with Gasteiger partial charge in [0, 0.05) is 17.4 Å². The Morgan fingerprint density at radius 1 is 0.867 bits per heavy atom. The van der Waals surface area contributed by atoms with Crippen molar-refractivity contribution in [3.63, 3.8) is 0 Å². The number of rotatable bonds is 9. The highest BCUT2D eigenvalue weighted by atomic mass is 16.5. The Hall–Kier alpha value is -3.67. The first kappa shape index (κ1) is 21.0. The van der Waals surface area contributed by atoms with Gasteiger partial charge in [-0.1, -0.05) is 30.3 Å². The van der Waals surface area contributed by atoms with Crippen LogP contribution < -0.4 is 24.8 Å². The fourth-order valence-electron chi connectivity index (χ4n) is 2.87. The SMILES string of the molecule is COc1ccc(N[C@H](C)C(=O)Nc2ccc(OCc3ccccc3)cc2)cc1OC. The van der Waals surface area contributed by atoms with Crippen LogP contribution in [-0.2, 0) is 11.4 Å². The Morgan fingerprint density at radius 3 is 2.20 bits per heavy atom. The summed E-state index contributed by atoms with van der Waals surface area (Å²) in [5, 5.41) is 6.07. The fraction of sp³-hybridized carbons (Fsp3) is 0.208. The van der Waals surface area contributed by atoms with Crippen molar-refractivity contribution in [1.29, 1.82) is 0 Å². The van der Waals surface area contributed by atoms with Gasteiger partial charge < -0.3 is 24.8 Å². The summed E-state index contributed by atoms with van der Waals surface area (Å²) in [4.78, 5) is 12.5. The zero-order chi connectivity index (χ0) is 21.3. The third-order valence-electron chi connectivity index (χ3n) is 4.53. The molecule has 0 aliphatic rings. The summed E-state index contributed by atoms with van der Waals surface area (Å²) in [5.41, 5.74) is 2.57. The van der Waals surface area contributed by atoms with Crippen molar-refractivity contribution in [2.45, 2.75) is 19.6 Å². The first-order valence-corrected chi connectivity index (χ1v) is 9.65. The predicted octanol–water partition coefficient (Wildman–Crippen LogP) is 4.72. The molecule has 1 atom stereocenters. The molecule has 30 heavy (non-hydrogen) atoms. The highest BCUT2D eigenvalue weighted by molar-refractivity contribution is 5.96. The van der Waals surface area contributed by atoms with Crippen LogP contribution >= 0.6 is 0 Å². The summed E-state index contributed by atoms with van der Waals surface area (Å²) in [6.07, 6.45) is 0. The van der Waals surface area contributed by atoms with Gasteiger partial charge in [-0.05, 0) is 48.9 Å². The molecule has 0 unspecified atom stereocenters. The summed E-state index contributed by atoms with van der Waals surface area (Å²) in [5.74, 6) is 1.83. The Kier molecular flexibility index (Phi) is 7.16. The van der Waals surface area contributed by atoms with Crippen LogP contribution in [0.4, 0.5) is 11.4 Å². The van der Waals surface area contributed by atoms with Crippen molar-refractivity contribution in [2.75, 3.05) is 24.9 Å². The molecule has 6 heteroatoms. The molecule has 0 saturated heterocycles. The number of anilines is 2. The molecule has 0 aromatic heterocycles. The number of carbonyl (C=O) groups is 1. The molecule has 0 fully saturated rings. The molecule has 0 bridgehead atoms. The van der Waals surface area contributed by atoms with Gasteiger partial charge in [0.2, 0.25) is 5.91 Å². The van der Waals surface area contributed by atoms with Gasteiger partial charge in [0.1, 0.15) is 18.4 Å². The monoisotopic (exact) mass is 406 g/mol. The predicted molar refractivity (Wildman–Crippen MR) is 118 cm³/mol. The lowest BCUT2D eigenvalue weighted by Crippen LogP contribution is -2.31. The Morgan fingerprint density at radius 2 is 1.53 bits per heavy atom. The molecule has 0 aliphatic heterocycles. The van der Waals surface area contributed by atoms with E-state index in [1.807, 2.05) is 60.7 Å². The number of hydrogen-bond acceptors (Lipinski definition) is 5. The van der Waals surface area contributed by atoms with Gasteiger partial charge in [0.05, 0.1) is 14.2 Å². The first-order chi connectivity index (χ1) is 14.6. The smallest absolute Gasteiger partial charge is 0.246 e. The minimum Gasteiger partial charge on any atom is -0.493 e. The van der Waals surface area contributed by atoms with Crippen molar-refractivity contribution in [3.05, 3.63) is 78.4 Å². The number of benzene rings is 3. The molecular formula is C24H26N2O4. The lowest BCUT2D eigenvalue weighted by atomic mass is 10.2. The molecule has 0 heterocycles. The largest absolute Gasteiger partial charge is 0.493 e. The Balaban J connectivity index is 1.53. The van der Waals surface area contributed by atoms with E-state index in [9.17, 15) is 4.79 Å². The van der Waals surface area contributed by atoms with E-state index in [2.05, 4.69) is 10.6 Å². The number of ether oxygens (including phenoxy) is 3. The van der Waals surface area contributed by atoms with E-state index < -0.39 is 6.04 Å². The van der Waals surface area contributed by atoms with Gasteiger partial charge in [0.15, 0.2) is 11.5 Å². The quantitative estimate of drug-likeness (QED) is 0.538. The number of nitrogens with one attached hydrogen (secondary N) is 2. The van der Waals surface area contributed by atoms with E-state index in [1.54, 1.807) is 33.3 Å². The number of amides is 1. The summed E-state index contributed by atoms with van der Waals surface area (Å²) in [6, 6.07) is 22.3. The summed E-state index contributed by atoms with van der Waals surface area (Å²) >= 11 is 0. The Labute approximate surface area is 176 Å². The van der Waals surface area contributed by atoms with Gasteiger partial charge in [-0.2, -0.15) is 0 Å². The average Bonchev–Trinajstić information content (AvgIpc) is 2.79. The maximum absolute atomic E-state index is 12.5. The van der Waals surface area contributed by atoms with Gasteiger partial charge in [-0.3, -0.25) is 4.79 Å². The van der Waals surface area contributed by atoms with Crippen molar-refractivity contribution in [3.8, 4) is 17.2 Å². The number of hydrogen-bond donors (Lipinski definition) is 2. The van der Waals surface area contributed by atoms with Gasteiger partial charge in [0.25, 0.3) is 0 Å². The van der Waals surface area contributed by atoms with Crippen molar-refractivity contribution in [2.24, 2.45) is 0 Å². The van der Waals surface area contributed by atoms with Crippen LogP contribution in [0.3, 0.4) is 0 Å². The third-order valence-corrected chi connectivity index (χ3v) is 4.53. The highest BCUT2D eigenvalue weighted by Crippen LogP contribution is 2.30. The van der Waals surface area contributed by atoms with Crippen LogP contribution in [0.2, 0.25) is 0 Å². The normalized spacial score (nSPS) is 11.3. The van der Waals surface area contributed by atoms with Gasteiger partial charge in [-0.25, -0.2) is 0 Å². The van der Waals surface area contributed by atoms with Crippen LogP contribution in [0.25, 0.3) is 0 Å². The summed E-state index contributed by atoms with van der Waals surface area (Å²) in [7, 11) is 3.16. The molecular weight excluding hydrogens is 380 g/mol. The van der Waals surface area contributed by atoms with E-state index >= 15 is 0 Å². The molecule has 156 valence electrons. The highest BCUT2D eigenvalue weighted by Gasteiger charge is 2.14. The number of methoxy groups -OCH3 is 2. The molecule has 0 saturated carbocycles. The molecule has 0 aliphatic carbocycles. The third kappa shape index (κ3) is 5.67. The topological polar surface area (TPSA) is 68.8 Å². The second-order valence-electron chi connectivity index (χ2n) is 6.72. The standard InChI is InChI=1S/C24H26N2O4/c1-17(25-20-11-14-22(28-2)23(15-20)29-3)24(27)26-19-9-12-21(13-10-19)30-16-18-7-5-4-6-8-18/h4-15,17,25H,16H2,1-3H3,(H,26,27)/t17-/m1/s1. The minimum absolute atomic E-state index is 0.150. The molecule has 2 N–H and O–H groups in total. The second-order valence-corrected chi connectivity index (χ2v) is 6.72. The van der Waals surface area contributed by atoms with Crippen LogP contribution in [0, 0.1) is 0 Å². The maximum atomic E-state index is 12.5. The summed E-state index contributed by atoms with van der Waals surface area (Å²) < 4.78 is 16.3. The molecule has 3 aromatic carbocycles. The van der Waals surface area contributed by atoms with Crippen LogP contribution in [0.5, 0.6) is 17.2 Å². The zero-order valence-electron chi connectivity index (χ0n) is 17.3. The molecule has 1 amide bonds. The Bertz CT molecular complexity index is 959. The number of carbonyl (C=O) groups excluding carboxylic acids is 1. The van der Waals surface area contributed by atoms with Gasteiger partial charge in [-0.15, -0.1) is 0 Å². The molecule has 3 rings (SSSR count). The van der Waals surface area contributed by atoms with Crippen LogP contribution in [-0.4, -0.2) is 26.2 Å². The van der Waals surface area contributed by atoms with Crippen molar-refractivity contribution >= 4 is 17.3 Å². The van der Waals surface area contributed by atoms with E-state index in [0.717, 1.165) is 17.0 Å².